The highest BCUT2D eigenvalue weighted by Gasteiger charge is 2.51. The van der Waals surface area contributed by atoms with Gasteiger partial charge in [-0.2, -0.15) is 0 Å². The molecule has 3 fully saturated rings. The lowest BCUT2D eigenvalue weighted by molar-refractivity contribution is -0.138. The second kappa shape index (κ2) is 5.38. The molecule has 3 nitrogen and oxygen atoms in total. The quantitative estimate of drug-likeness (QED) is 0.912. The van der Waals surface area contributed by atoms with Gasteiger partial charge in [0.05, 0.1) is 5.92 Å². The van der Waals surface area contributed by atoms with Gasteiger partial charge in [0, 0.05) is 24.5 Å². The van der Waals surface area contributed by atoms with Crippen LogP contribution in [0.3, 0.4) is 0 Å². The van der Waals surface area contributed by atoms with Crippen LogP contribution in [0.25, 0.3) is 0 Å². The Balaban J connectivity index is 1.51. The highest BCUT2D eigenvalue weighted by Crippen LogP contribution is 2.49. The number of nitrogens with zero attached hydrogens (tertiary/aromatic N) is 1. The third kappa shape index (κ3) is 2.10. The Kier molecular flexibility index (Phi) is 3.48. The van der Waals surface area contributed by atoms with Crippen molar-refractivity contribution in [3.63, 3.8) is 0 Å². The van der Waals surface area contributed by atoms with Crippen LogP contribution < -0.4 is 5.73 Å². The van der Waals surface area contributed by atoms with Gasteiger partial charge in [-0.3, -0.25) is 4.79 Å². The van der Waals surface area contributed by atoms with Crippen LogP contribution in [0.2, 0.25) is 0 Å². The van der Waals surface area contributed by atoms with Crippen LogP contribution >= 0.6 is 0 Å². The van der Waals surface area contributed by atoms with E-state index in [1.54, 1.807) is 0 Å². The Hall–Kier alpha value is -1.35. The van der Waals surface area contributed by atoms with E-state index in [9.17, 15) is 4.79 Å². The molecule has 22 heavy (non-hydrogen) atoms. The van der Waals surface area contributed by atoms with Gasteiger partial charge in [0.15, 0.2) is 0 Å². The lowest BCUT2D eigenvalue weighted by Crippen LogP contribution is -2.48. The van der Waals surface area contributed by atoms with Crippen LogP contribution in [0.4, 0.5) is 0 Å². The van der Waals surface area contributed by atoms with Gasteiger partial charge in [0.25, 0.3) is 0 Å². The number of hydrogen-bond acceptors (Lipinski definition) is 2. The van der Waals surface area contributed by atoms with E-state index in [-0.39, 0.29) is 12.0 Å². The molecule has 3 heteroatoms. The molecule has 1 amide bonds. The molecule has 6 unspecified atom stereocenters. The van der Waals surface area contributed by atoms with Crippen LogP contribution in [0.5, 0.6) is 0 Å². The maximum atomic E-state index is 13.1. The number of rotatable bonds is 2. The number of benzene rings is 1. The fourth-order valence-corrected chi connectivity index (χ4v) is 5.29. The number of nitrogens with two attached hydrogens (primary N) is 1. The topological polar surface area (TPSA) is 46.3 Å². The predicted molar refractivity (Wildman–Crippen MR) is 87.3 cm³/mol. The number of carbonyl (C=O) groups excluding carboxylic acids is 1. The highest BCUT2D eigenvalue weighted by atomic mass is 16.2. The third-order valence-corrected chi connectivity index (χ3v) is 6.53. The van der Waals surface area contributed by atoms with Crippen LogP contribution in [-0.2, 0) is 4.79 Å². The van der Waals surface area contributed by atoms with Gasteiger partial charge in [-0.25, -0.2) is 0 Å². The second-order valence-corrected chi connectivity index (χ2v) is 7.51. The lowest BCUT2D eigenvalue weighted by Gasteiger charge is -2.33. The summed E-state index contributed by atoms with van der Waals surface area (Å²) in [5, 5.41) is 0. The van der Waals surface area contributed by atoms with Gasteiger partial charge >= 0.3 is 0 Å². The number of fused-ring (bicyclic) bond motifs is 2. The molecule has 118 valence electrons. The smallest absolute Gasteiger partial charge is 0.227 e. The van der Waals surface area contributed by atoms with Crippen LogP contribution in [-0.4, -0.2) is 29.4 Å². The summed E-state index contributed by atoms with van der Waals surface area (Å²) >= 11 is 0. The Morgan fingerprint density at radius 1 is 1.14 bits per heavy atom. The minimum atomic E-state index is 0.0933. The first-order valence-electron chi connectivity index (χ1n) is 8.78. The second-order valence-electron chi connectivity index (χ2n) is 7.51. The van der Waals surface area contributed by atoms with Gasteiger partial charge in [0.2, 0.25) is 5.91 Å². The summed E-state index contributed by atoms with van der Waals surface area (Å²) in [5.41, 5.74) is 7.74. The standard InChI is InChI=1S/C19H26N2O/c1-12-16(13-5-3-2-4-6-13)9-10-21(12)19(22)17-14-7-8-15(11-14)18(17)20/h2-6,12,14-18H,7-11,20H2,1H3. The Morgan fingerprint density at radius 2 is 1.86 bits per heavy atom. The van der Waals surface area contributed by atoms with Gasteiger partial charge in [-0.15, -0.1) is 0 Å². The fourth-order valence-electron chi connectivity index (χ4n) is 5.29. The van der Waals surface area contributed by atoms with Crippen LogP contribution in [0.1, 0.15) is 44.1 Å². The first kappa shape index (κ1) is 14.3. The summed E-state index contributed by atoms with van der Waals surface area (Å²) in [6.45, 7) is 3.10. The van der Waals surface area contributed by atoms with Gasteiger partial charge < -0.3 is 10.6 Å². The number of likely N-dealkylation sites (tertiary alicyclic amines) is 1. The fraction of sp³-hybridized carbons (Fsp3) is 0.632. The summed E-state index contributed by atoms with van der Waals surface area (Å²) in [7, 11) is 0. The van der Waals surface area contributed by atoms with E-state index in [4.69, 9.17) is 5.73 Å². The zero-order chi connectivity index (χ0) is 15.3. The molecule has 2 aliphatic carbocycles. The van der Waals surface area contributed by atoms with Crippen molar-refractivity contribution in [3.05, 3.63) is 35.9 Å². The molecule has 1 heterocycles. The molecule has 2 N–H and O–H groups in total. The van der Waals surface area contributed by atoms with E-state index in [1.165, 1.54) is 24.8 Å². The van der Waals surface area contributed by atoms with Gasteiger partial charge in [-0.05, 0) is 50.0 Å². The van der Waals surface area contributed by atoms with Crippen molar-refractivity contribution in [3.8, 4) is 0 Å². The molecule has 1 aromatic rings. The summed E-state index contributed by atoms with van der Waals surface area (Å²) in [6, 6.07) is 11.0. The van der Waals surface area contributed by atoms with Crippen LogP contribution in [0.15, 0.2) is 30.3 Å². The maximum Gasteiger partial charge on any atom is 0.227 e. The molecular weight excluding hydrogens is 272 g/mol. The molecule has 0 spiro atoms. The zero-order valence-corrected chi connectivity index (χ0v) is 13.3. The first-order valence-corrected chi connectivity index (χ1v) is 8.78. The number of amides is 1. The number of carbonyl (C=O) groups is 1. The van der Waals surface area contributed by atoms with Crippen molar-refractivity contribution in [1.82, 2.24) is 4.90 Å². The molecule has 1 aliphatic heterocycles. The van der Waals surface area contributed by atoms with E-state index in [1.807, 2.05) is 0 Å². The monoisotopic (exact) mass is 298 g/mol. The Morgan fingerprint density at radius 3 is 2.55 bits per heavy atom. The van der Waals surface area contributed by atoms with Crippen molar-refractivity contribution < 1.29 is 4.79 Å². The summed E-state index contributed by atoms with van der Waals surface area (Å²) in [6.07, 6.45) is 4.70. The number of hydrogen-bond donors (Lipinski definition) is 1. The van der Waals surface area contributed by atoms with E-state index in [0.717, 1.165) is 13.0 Å². The lowest BCUT2D eigenvalue weighted by atomic mass is 9.83. The summed E-state index contributed by atoms with van der Waals surface area (Å²) < 4.78 is 0. The van der Waals surface area contributed by atoms with Crippen molar-refractivity contribution in [1.29, 1.82) is 0 Å². The van der Waals surface area contributed by atoms with E-state index < -0.39 is 0 Å². The minimum absolute atomic E-state index is 0.0933. The molecule has 0 aromatic heterocycles. The molecule has 1 saturated heterocycles. The Bertz CT molecular complexity index is 556. The maximum absolute atomic E-state index is 13.1. The van der Waals surface area contributed by atoms with Crippen molar-refractivity contribution in [2.75, 3.05) is 6.54 Å². The zero-order valence-electron chi connectivity index (χ0n) is 13.3. The largest absolute Gasteiger partial charge is 0.339 e. The van der Waals surface area contributed by atoms with E-state index in [2.05, 4.69) is 42.2 Å². The molecule has 4 rings (SSSR count). The molecule has 0 radical (unpaired) electrons. The normalized spacial score (nSPS) is 40.4. The van der Waals surface area contributed by atoms with Gasteiger partial charge in [0.1, 0.15) is 0 Å². The van der Waals surface area contributed by atoms with Crippen molar-refractivity contribution in [2.24, 2.45) is 23.5 Å². The molecular formula is C19H26N2O. The highest BCUT2D eigenvalue weighted by molar-refractivity contribution is 5.81. The molecule has 2 saturated carbocycles. The Labute approximate surface area is 132 Å². The average Bonchev–Trinajstić information content (AvgIpc) is 3.22. The molecule has 2 bridgehead atoms. The predicted octanol–water partition coefficient (Wildman–Crippen LogP) is 2.76. The van der Waals surface area contributed by atoms with Gasteiger partial charge in [-0.1, -0.05) is 30.3 Å². The SMILES string of the molecule is CC1C(c2ccccc2)CCN1C(=O)C1C2CCC(C2)C1N. The third-order valence-electron chi connectivity index (χ3n) is 6.53. The van der Waals surface area contributed by atoms with Crippen LogP contribution in [0, 0.1) is 17.8 Å². The summed E-state index contributed by atoms with van der Waals surface area (Å²) in [5.74, 6) is 2.05. The molecule has 3 aliphatic rings. The van der Waals surface area contributed by atoms with Crippen molar-refractivity contribution >= 4 is 5.91 Å². The summed E-state index contributed by atoms with van der Waals surface area (Å²) in [4.78, 5) is 15.2. The molecule has 1 aromatic carbocycles. The van der Waals surface area contributed by atoms with Crippen molar-refractivity contribution in [2.45, 2.75) is 50.6 Å². The first-order chi connectivity index (χ1) is 10.7. The minimum Gasteiger partial charge on any atom is -0.339 e. The van der Waals surface area contributed by atoms with E-state index >= 15 is 0 Å². The average molecular weight is 298 g/mol. The molecule has 6 atom stereocenters. The van der Waals surface area contributed by atoms with E-state index in [0.29, 0.717) is 29.7 Å².